The molecule has 0 spiro atoms. The molecule has 0 radical (unpaired) electrons. The van der Waals surface area contributed by atoms with Crippen molar-refractivity contribution in [3.63, 3.8) is 0 Å². The summed E-state index contributed by atoms with van der Waals surface area (Å²) in [5.74, 6) is 1.15. The summed E-state index contributed by atoms with van der Waals surface area (Å²) in [5, 5.41) is 0. The van der Waals surface area contributed by atoms with Gasteiger partial charge in [0.05, 0.1) is 0 Å². The fourth-order valence-corrected chi connectivity index (χ4v) is 4.83. The Hall–Kier alpha value is -0.916. The molecule has 158 valence electrons. The fourth-order valence-electron chi connectivity index (χ4n) is 3.60. The molecule has 3 aromatic rings. The Labute approximate surface area is 208 Å². The van der Waals surface area contributed by atoms with Gasteiger partial charge in [0.2, 0.25) is 0 Å². The van der Waals surface area contributed by atoms with Gasteiger partial charge in [-0.15, -0.1) is 28.8 Å². The minimum atomic E-state index is -0.512. The first-order valence-corrected chi connectivity index (χ1v) is 11.2. The molecule has 0 aromatic heterocycles. The molecule has 3 heteroatoms. The van der Waals surface area contributed by atoms with Crippen LogP contribution in [0.5, 0.6) is 0 Å². The van der Waals surface area contributed by atoms with Crippen molar-refractivity contribution in [2.75, 3.05) is 0 Å². The zero-order chi connectivity index (χ0) is 21.3. The molecule has 0 heterocycles. The molecule has 0 unspecified atom stereocenters. The average molecular weight is 475 g/mol. The summed E-state index contributed by atoms with van der Waals surface area (Å²) in [4.78, 5) is 0. The summed E-state index contributed by atoms with van der Waals surface area (Å²) >= 11 is 12.2. The Balaban J connectivity index is 0.000000241. The van der Waals surface area contributed by atoms with Crippen LogP contribution in [-0.2, 0) is 28.1 Å². The van der Waals surface area contributed by atoms with Crippen molar-refractivity contribution in [3.05, 3.63) is 90.0 Å². The van der Waals surface area contributed by atoms with Crippen molar-refractivity contribution in [1.82, 2.24) is 0 Å². The van der Waals surface area contributed by atoms with Crippen LogP contribution in [-0.4, -0.2) is 4.33 Å². The quantitative estimate of drug-likeness (QED) is 0.157. The zero-order valence-corrected chi connectivity index (χ0v) is 21.5. The van der Waals surface area contributed by atoms with E-state index in [4.69, 9.17) is 23.2 Å². The normalized spacial score (nSPS) is 11.5. The van der Waals surface area contributed by atoms with Crippen molar-refractivity contribution in [2.45, 2.75) is 51.3 Å². The molecule has 4 rings (SSSR count). The SMILES string of the molecule is CC(C)CC(Cl)(Cl)CC(C)C.[Ti+2].[c-]1cccc2c1Cc1ccccc1-2.c1cc[cH-]c1. The van der Waals surface area contributed by atoms with E-state index in [9.17, 15) is 0 Å². The van der Waals surface area contributed by atoms with E-state index in [1.54, 1.807) is 0 Å². The van der Waals surface area contributed by atoms with Gasteiger partial charge < -0.3 is 0 Å². The van der Waals surface area contributed by atoms with Crippen LogP contribution in [0.15, 0.2) is 72.8 Å². The third kappa shape index (κ3) is 9.48. The third-order valence-electron chi connectivity index (χ3n) is 4.59. The number of benzene rings is 2. The molecular formula is C27H32Cl2Ti. The summed E-state index contributed by atoms with van der Waals surface area (Å²) in [5.41, 5.74) is 5.51. The summed E-state index contributed by atoms with van der Waals surface area (Å²) in [6.45, 7) is 8.55. The van der Waals surface area contributed by atoms with Crippen LogP contribution < -0.4 is 0 Å². The van der Waals surface area contributed by atoms with E-state index in [1.165, 1.54) is 22.3 Å². The summed E-state index contributed by atoms with van der Waals surface area (Å²) in [7, 11) is 0. The van der Waals surface area contributed by atoms with E-state index in [0.717, 1.165) is 19.3 Å². The summed E-state index contributed by atoms with van der Waals surface area (Å²) in [6.07, 6.45) is 2.81. The predicted octanol–water partition coefficient (Wildman–Crippen LogP) is 8.71. The second-order valence-corrected chi connectivity index (χ2v) is 10.1. The van der Waals surface area contributed by atoms with Gasteiger partial charge in [0, 0.05) is 0 Å². The minimum Gasteiger partial charge on any atom is -0.214 e. The minimum absolute atomic E-state index is 0. The Morgan fingerprint density at radius 1 is 0.867 bits per heavy atom. The maximum Gasteiger partial charge on any atom is 2.00 e. The van der Waals surface area contributed by atoms with Crippen molar-refractivity contribution in [2.24, 2.45) is 11.8 Å². The molecule has 0 aliphatic heterocycles. The van der Waals surface area contributed by atoms with Gasteiger partial charge in [0.15, 0.2) is 0 Å². The van der Waals surface area contributed by atoms with Gasteiger partial charge in [-0.1, -0.05) is 63.1 Å². The summed E-state index contributed by atoms with van der Waals surface area (Å²) < 4.78 is -0.512. The monoisotopic (exact) mass is 474 g/mol. The molecule has 0 saturated carbocycles. The van der Waals surface area contributed by atoms with Crippen LogP contribution in [0.4, 0.5) is 0 Å². The van der Waals surface area contributed by atoms with Crippen LogP contribution in [0, 0.1) is 17.9 Å². The molecule has 1 aliphatic carbocycles. The van der Waals surface area contributed by atoms with Crippen LogP contribution in [0.2, 0.25) is 0 Å². The summed E-state index contributed by atoms with van der Waals surface area (Å²) in [6, 6.07) is 28.1. The van der Waals surface area contributed by atoms with Crippen LogP contribution in [0.25, 0.3) is 11.1 Å². The molecule has 0 amide bonds. The maximum atomic E-state index is 6.09. The topological polar surface area (TPSA) is 0 Å². The van der Waals surface area contributed by atoms with Gasteiger partial charge >= 0.3 is 21.7 Å². The average Bonchev–Trinajstić information content (AvgIpc) is 3.31. The number of fused-ring (bicyclic) bond motifs is 3. The predicted molar refractivity (Wildman–Crippen MR) is 129 cm³/mol. The molecule has 0 N–H and O–H groups in total. The molecule has 0 atom stereocenters. The molecule has 0 saturated heterocycles. The molecule has 0 bridgehead atoms. The van der Waals surface area contributed by atoms with E-state index < -0.39 is 4.33 Å². The largest absolute Gasteiger partial charge is 2.00 e. The Kier molecular flexibility index (Phi) is 12.2. The Morgan fingerprint density at radius 2 is 1.43 bits per heavy atom. The molecule has 1 aliphatic rings. The van der Waals surface area contributed by atoms with Crippen molar-refractivity contribution < 1.29 is 21.7 Å². The first-order chi connectivity index (χ1) is 13.8. The van der Waals surface area contributed by atoms with Crippen LogP contribution in [0.1, 0.15) is 51.7 Å². The van der Waals surface area contributed by atoms with E-state index in [-0.39, 0.29) is 21.7 Å². The number of alkyl halides is 2. The number of rotatable bonds is 4. The number of hydrogen-bond acceptors (Lipinski definition) is 0. The molecule has 3 aromatic carbocycles. The van der Waals surface area contributed by atoms with E-state index in [2.05, 4.69) is 70.2 Å². The second-order valence-electron chi connectivity index (χ2n) is 8.41. The second kappa shape index (κ2) is 13.5. The molecular weight excluding hydrogens is 443 g/mol. The standard InChI is InChI=1S/C13H9.C9H18Cl2.C5H5.Ti/c1-3-7-12-10(5-1)9-11-6-2-4-8-13(11)12;1-7(2)5-9(10,11)6-8(3)4;1-2-4-5-3-1;/h1-5,7-8H,9H2;7-8H,5-6H2,1-4H3;1-5H;/q-1;;-1;+2. The van der Waals surface area contributed by atoms with Gasteiger partial charge in [-0.3, -0.25) is 0 Å². The Morgan fingerprint density at radius 3 is 1.97 bits per heavy atom. The first-order valence-electron chi connectivity index (χ1n) is 10.4. The smallest absolute Gasteiger partial charge is 0.214 e. The molecule has 0 fully saturated rings. The van der Waals surface area contributed by atoms with Crippen LogP contribution >= 0.6 is 23.2 Å². The number of halogens is 2. The third-order valence-corrected chi connectivity index (χ3v) is 5.20. The van der Waals surface area contributed by atoms with Crippen LogP contribution in [0.3, 0.4) is 0 Å². The van der Waals surface area contributed by atoms with Gasteiger partial charge in [0.1, 0.15) is 4.33 Å². The first kappa shape index (κ1) is 27.1. The maximum absolute atomic E-state index is 6.09. The van der Waals surface area contributed by atoms with E-state index in [1.807, 2.05) is 36.4 Å². The van der Waals surface area contributed by atoms with E-state index in [0.29, 0.717) is 11.8 Å². The van der Waals surface area contributed by atoms with Gasteiger partial charge in [-0.05, 0) is 31.1 Å². The molecule has 30 heavy (non-hydrogen) atoms. The zero-order valence-electron chi connectivity index (χ0n) is 18.5. The van der Waals surface area contributed by atoms with Crippen molar-refractivity contribution in [1.29, 1.82) is 0 Å². The van der Waals surface area contributed by atoms with Crippen molar-refractivity contribution >= 4 is 23.2 Å². The van der Waals surface area contributed by atoms with E-state index >= 15 is 0 Å². The van der Waals surface area contributed by atoms with Crippen molar-refractivity contribution in [3.8, 4) is 11.1 Å². The number of hydrogen-bond donors (Lipinski definition) is 0. The Bertz CT molecular complexity index is 763. The fraction of sp³-hybridized carbons (Fsp3) is 0.370. The van der Waals surface area contributed by atoms with Gasteiger partial charge in [0.25, 0.3) is 0 Å². The van der Waals surface area contributed by atoms with Gasteiger partial charge in [-0.25, -0.2) is 12.1 Å². The van der Waals surface area contributed by atoms with Gasteiger partial charge in [-0.2, -0.15) is 48.0 Å². The molecule has 0 nitrogen and oxygen atoms in total.